The Morgan fingerprint density at radius 2 is 1.37 bits per heavy atom. The van der Waals surface area contributed by atoms with Crippen molar-refractivity contribution >= 4 is 65.2 Å². The third-order valence-electron chi connectivity index (χ3n) is 10.3. The molecule has 0 fully saturated rings. The van der Waals surface area contributed by atoms with Gasteiger partial charge in [0.25, 0.3) is 0 Å². The first-order valence-corrected chi connectivity index (χ1v) is 18.5. The van der Waals surface area contributed by atoms with Crippen LogP contribution in [0.25, 0.3) is 59.1 Å². The minimum absolute atomic E-state index is 0.616. The van der Waals surface area contributed by atoms with Crippen LogP contribution in [0.3, 0.4) is 0 Å². The Labute approximate surface area is 306 Å². The second-order valence-electron chi connectivity index (χ2n) is 13.3. The molecule has 2 aliphatic rings. The number of nitrogens with zero attached hydrogens (tertiary/aromatic N) is 3. The normalized spacial score (nSPS) is 13.9. The summed E-state index contributed by atoms with van der Waals surface area (Å²) in [7, 11) is 0. The topological polar surface area (TPSA) is 46.5 Å². The van der Waals surface area contributed by atoms with Crippen LogP contribution in [-0.2, 0) is 0 Å². The molecule has 1 aliphatic carbocycles. The maximum atomic E-state index is 6.61. The lowest BCUT2D eigenvalue weighted by Gasteiger charge is -2.27. The van der Waals surface area contributed by atoms with E-state index in [-0.39, 0.29) is 0 Å². The van der Waals surface area contributed by atoms with Crippen molar-refractivity contribution in [3.05, 3.63) is 181 Å². The number of hydrogen-bond donors (Lipinski definition) is 1. The molecule has 4 nitrogen and oxygen atoms in total. The van der Waals surface area contributed by atoms with E-state index in [1.165, 1.54) is 36.6 Å². The summed E-state index contributed by atoms with van der Waals surface area (Å²) in [6.07, 6.45) is 8.59. The van der Waals surface area contributed by atoms with E-state index in [1.54, 1.807) is 0 Å². The van der Waals surface area contributed by atoms with Crippen LogP contribution in [0.2, 0.25) is 0 Å². The van der Waals surface area contributed by atoms with E-state index in [2.05, 4.69) is 143 Å². The monoisotopic (exact) mass is 686 g/mol. The quantitative estimate of drug-likeness (QED) is 0.145. The summed E-state index contributed by atoms with van der Waals surface area (Å²) in [5.41, 5.74) is 19.0. The van der Waals surface area contributed by atoms with E-state index in [4.69, 9.17) is 17.3 Å². The zero-order chi connectivity index (χ0) is 34.8. The molecule has 10 rings (SSSR count). The van der Waals surface area contributed by atoms with Crippen molar-refractivity contribution in [1.82, 2.24) is 4.57 Å². The molecule has 3 heterocycles. The molecule has 0 saturated heterocycles. The number of fused-ring (bicyclic) bond motifs is 10. The molecule has 6 aromatic carbocycles. The molecule has 0 spiro atoms. The molecule has 0 bridgehead atoms. The highest BCUT2D eigenvalue weighted by Crippen LogP contribution is 2.53. The average Bonchev–Trinajstić information content (AvgIpc) is 3.70. The van der Waals surface area contributed by atoms with Gasteiger partial charge in [0.2, 0.25) is 0 Å². The van der Waals surface area contributed by atoms with Gasteiger partial charge in [-0.3, -0.25) is 4.90 Å². The van der Waals surface area contributed by atoms with Crippen molar-refractivity contribution in [3.8, 4) is 28.1 Å². The molecule has 1 aliphatic heterocycles. The maximum absolute atomic E-state index is 6.61. The van der Waals surface area contributed by atoms with Gasteiger partial charge in [-0.25, -0.2) is 4.99 Å². The number of anilines is 3. The lowest BCUT2D eigenvalue weighted by Crippen LogP contribution is -2.18. The number of nitrogen functional groups attached to an aromatic ring is 1. The molecule has 2 N–H and O–H groups in total. The van der Waals surface area contributed by atoms with E-state index in [1.807, 2.05) is 35.6 Å². The standard InChI is InChI=1S/C47H34N4S/c1-30(49-46(31-15-3-2-4-16-31)35-18-5-10-22-39(35)48)50-40-23-11-6-19-36(40)45-37-20-7-12-24-41(37)51(47(45)38-21-8-13-25-42(38)50)32-27-28-34-33-17-9-14-26-43(33)52-44(34)29-32/h3,5-29H,1-2,4,48H2/b49-46-. The Bertz CT molecular complexity index is 2840. The van der Waals surface area contributed by atoms with Crippen LogP contribution in [0.1, 0.15) is 18.4 Å². The van der Waals surface area contributed by atoms with Crippen LogP contribution >= 0.6 is 11.3 Å². The fourth-order valence-corrected chi connectivity index (χ4v) is 9.15. The number of nitrogens with two attached hydrogens (primary N) is 1. The first-order valence-electron chi connectivity index (χ1n) is 17.7. The van der Waals surface area contributed by atoms with Crippen molar-refractivity contribution < 1.29 is 0 Å². The van der Waals surface area contributed by atoms with Crippen molar-refractivity contribution in [2.45, 2.75) is 12.8 Å². The maximum Gasteiger partial charge on any atom is 0.131 e. The Hall–Kier alpha value is -6.43. The number of para-hydroxylation sites is 4. The zero-order valence-corrected chi connectivity index (χ0v) is 29.3. The largest absolute Gasteiger partial charge is 0.398 e. The van der Waals surface area contributed by atoms with Gasteiger partial charge >= 0.3 is 0 Å². The number of hydrogen-bond acceptors (Lipinski definition) is 4. The van der Waals surface area contributed by atoms with Crippen molar-refractivity contribution in [3.63, 3.8) is 0 Å². The lowest BCUT2D eigenvalue weighted by atomic mass is 9.96. The minimum Gasteiger partial charge on any atom is -0.398 e. The van der Waals surface area contributed by atoms with Gasteiger partial charge in [0.15, 0.2) is 0 Å². The van der Waals surface area contributed by atoms with Gasteiger partial charge < -0.3 is 10.3 Å². The summed E-state index contributed by atoms with van der Waals surface area (Å²) in [5, 5.41) is 3.79. The molecule has 52 heavy (non-hydrogen) atoms. The van der Waals surface area contributed by atoms with Crippen LogP contribution < -0.4 is 10.6 Å². The number of aliphatic imine (C=N–C) groups is 1. The highest BCUT2D eigenvalue weighted by molar-refractivity contribution is 7.25. The highest BCUT2D eigenvalue weighted by atomic mass is 32.1. The van der Waals surface area contributed by atoms with Gasteiger partial charge in [0.05, 0.1) is 28.3 Å². The van der Waals surface area contributed by atoms with E-state index in [9.17, 15) is 0 Å². The second kappa shape index (κ2) is 12.1. The predicted molar refractivity (Wildman–Crippen MR) is 222 cm³/mol. The molecule has 0 saturated carbocycles. The minimum atomic E-state index is 0.616. The van der Waals surface area contributed by atoms with Gasteiger partial charge in [-0.15, -0.1) is 11.3 Å². The average molecular weight is 687 g/mol. The summed E-state index contributed by atoms with van der Waals surface area (Å²) in [6.45, 7) is 4.69. The molecule has 248 valence electrons. The lowest BCUT2D eigenvalue weighted by molar-refractivity contribution is 1.03. The Balaban J connectivity index is 1.24. The summed E-state index contributed by atoms with van der Waals surface area (Å²) in [4.78, 5) is 7.61. The fraction of sp³-hybridized carbons (Fsp3) is 0.0426. The summed E-state index contributed by atoms with van der Waals surface area (Å²) < 4.78 is 5.03. The van der Waals surface area contributed by atoms with Gasteiger partial charge in [-0.2, -0.15) is 0 Å². The van der Waals surface area contributed by atoms with E-state index in [0.29, 0.717) is 11.5 Å². The summed E-state index contributed by atoms with van der Waals surface area (Å²) in [5.74, 6) is 0.616. The number of rotatable bonds is 5. The highest BCUT2D eigenvalue weighted by Gasteiger charge is 2.32. The van der Waals surface area contributed by atoms with Gasteiger partial charge in [0.1, 0.15) is 5.82 Å². The van der Waals surface area contributed by atoms with E-state index >= 15 is 0 Å². The van der Waals surface area contributed by atoms with Gasteiger partial charge in [0, 0.05) is 59.2 Å². The van der Waals surface area contributed by atoms with Crippen LogP contribution in [-0.4, -0.2) is 10.3 Å². The van der Waals surface area contributed by atoms with Gasteiger partial charge in [-0.1, -0.05) is 122 Å². The van der Waals surface area contributed by atoms with Crippen molar-refractivity contribution in [2.75, 3.05) is 10.6 Å². The van der Waals surface area contributed by atoms with Crippen LogP contribution in [0.15, 0.2) is 181 Å². The predicted octanol–water partition coefficient (Wildman–Crippen LogP) is 12.6. The first-order chi connectivity index (χ1) is 25.7. The Kier molecular flexibility index (Phi) is 7.08. The zero-order valence-electron chi connectivity index (χ0n) is 28.5. The molecule has 0 radical (unpaired) electrons. The molecule has 0 atom stereocenters. The second-order valence-corrected chi connectivity index (χ2v) is 14.4. The molecule has 5 heteroatoms. The Morgan fingerprint density at radius 1 is 0.673 bits per heavy atom. The van der Waals surface area contributed by atoms with Crippen molar-refractivity contribution in [2.24, 2.45) is 4.99 Å². The third-order valence-corrected chi connectivity index (χ3v) is 11.4. The van der Waals surface area contributed by atoms with Crippen molar-refractivity contribution in [1.29, 1.82) is 0 Å². The van der Waals surface area contributed by atoms with Crippen LogP contribution in [0, 0.1) is 0 Å². The van der Waals surface area contributed by atoms with Crippen LogP contribution in [0.4, 0.5) is 17.1 Å². The third kappa shape index (κ3) is 4.70. The molecule has 8 aromatic rings. The van der Waals surface area contributed by atoms with Gasteiger partial charge in [-0.05, 0) is 60.9 Å². The number of thiophene rings is 1. The molecular formula is C47H34N4S. The number of benzene rings is 6. The summed E-state index contributed by atoms with van der Waals surface area (Å²) >= 11 is 1.85. The molecular weight excluding hydrogens is 653 g/mol. The SMILES string of the molecule is C=C(/N=C(/C1=CCCC=C1)c1ccccc1N)N1c2ccccc2-c2c(n(-c3ccc4c(c3)sc3ccccc34)c3ccccc23)-c2ccccc21. The number of aromatic nitrogens is 1. The van der Waals surface area contributed by atoms with E-state index in [0.717, 1.165) is 63.6 Å². The van der Waals surface area contributed by atoms with E-state index < -0.39 is 0 Å². The van der Waals surface area contributed by atoms with Crippen LogP contribution in [0.5, 0.6) is 0 Å². The Morgan fingerprint density at radius 3 is 2.19 bits per heavy atom. The number of allylic oxidation sites excluding steroid dienone is 4. The fourth-order valence-electron chi connectivity index (χ4n) is 8.01. The molecule has 0 amide bonds. The molecule has 2 aromatic heterocycles. The smallest absolute Gasteiger partial charge is 0.131 e. The summed E-state index contributed by atoms with van der Waals surface area (Å²) in [6, 6.07) is 49.7. The molecule has 0 unspecified atom stereocenters. The first kappa shape index (κ1) is 30.4.